The van der Waals surface area contributed by atoms with Crippen LogP contribution in [0.1, 0.15) is 12.8 Å². The maximum absolute atomic E-state index is 11.4. The van der Waals surface area contributed by atoms with Crippen LogP contribution in [0.5, 0.6) is 0 Å². The van der Waals surface area contributed by atoms with Crippen LogP contribution in [0, 0.1) is 0 Å². The van der Waals surface area contributed by atoms with E-state index in [0.29, 0.717) is 19.5 Å². The van der Waals surface area contributed by atoms with Gasteiger partial charge >= 0.3 is 0 Å². The SMILES string of the molecule is O=C1NCCCN2C(=O)CC=CC12. The van der Waals surface area contributed by atoms with Crippen molar-refractivity contribution in [3.63, 3.8) is 0 Å². The summed E-state index contributed by atoms with van der Waals surface area (Å²) >= 11 is 0. The van der Waals surface area contributed by atoms with Gasteiger partial charge in [-0.1, -0.05) is 12.2 Å². The summed E-state index contributed by atoms with van der Waals surface area (Å²) in [6.45, 7) is 1.36. The molecule has 2 aliphatic rings. The van der Waals surface area contributed by atoms with Gasteiger partial charge in [0.2, 0.25) is 11.8 Å². The van der Waals surface area contributed by atoms with Crippen molar-refractivity contribution in [2.75, 3.05) is 13.1 Å². The van der Waals surface area contributed by atoms with Crippen molar-refractivity contribution in [1.29, 1.82) is 0 Å². The average molecular weight is 180 g/mol. The number of carbonyl (C=O) groups excluding carboxylic acids is 2. The summed E-state index contributed by atoms with van der Waals surface area (Å²) in [7, 11) is 0. The number of carbonyl (C=O) groups is 2. The Balaban J connectivity index is 2.25. The highest BCUT2D eigenvalue weighted by Gasteiger charge is 2.30. The predicted octanol–water partition coefficient (Wildman–Crippen LogP) is -0.337. The first kappa shape index (κ1) is 8.29. The Hall–Kier alpha value is -1.32. The van der Waals surface area contributed by atoms with Crippen LogP contribution in [0.4, 0.5) is 0 Å². The van der Waals surface area contributed by atoms with Crippen molar-refractivity contribution in [3.05, 3.63) is 12.2 Å². The van der Waals surface area contributed by atoms with Crippen LogP contribution < -0.4 is 5.32 Å². The lowest BCUT2D eigenvalue weighted by molar-refractivity contribution is -0.137. The van der Waals surface area contributed by atoms with Gasteiger partial charge in [0.05, 0.1) is 0 Å². The highest BCUT2D eigenvalue weighted by atomic mass is 16.2. The molecule has 0 bridgehead atoms. The lowest BCUT2D eigenvalue weighted by Crippen LogP contribution is -2.47. The van der Waals surface area contributed by atoms with Crippen LogP contribution >= 0.6 is 0 Å². The van der Waals surface area contributed by atoms with Gasteiger partial charge in [-0.3, -0.25) is 9.59 Å². The van der Waals surface area contributed by atoms with Gasteiger partial charge in [0.1, 0.15) is 6.04 Å². The zero-order valence-corrected chi connectivity index (χ0v) is 7.32. The van der Waals surface area contributed by atoms with Crippen molar-refractivity contribution < 1.29 is 9.59 Å². The summed E-state index contributed by atoms with van der Waals surface area (Å²) in [5.74, 6) is 0.00588. The smallest absolute Gasteiger partial charge is 0.246 e. The molecule has 4 heteroatoms. The third-order valence-corrected chi connectivity index (χ3v) is 2.41. The van der Waals surface area contributed by atoms with E-state index in [0.717, 1.165) is 6.42 Å². The van der Waals surface area contributed by atoms with Gasteiger partial charge in [0.25, 0.3) is 0 Å². The molecule has 2 amide bonds. The second-order valence-electron chi connectivity index (χ2n) is 3.31. The number of rotatable bonds is 0. The van der Waals surface area contributed by atoms with Crippen molar-refractivity contribution in [2.45, 2.75) is 18.9 Å². The Bertz CT molecular complexity index is 273. The molecule has 13 heavy (non-hydrogen) atoms. The molecule has 0 saturated carbocycles. The highest BCUT2D eigenvalue weighted by Crippen LogP contribution is 2.13. The highest BCUT2D eigenvalue weighted by molar-refractivity contribution is 5.91. The van der Waals surface area contributed by atoms with Gasteiger partial charge < -0.3 is 10.2 Å². The van der Waals surface area contributed by atoms with E-state index in [-0.39, 0.29) is 17.9 Å². The monoisotopic (exact) mass is 180 g/mol. The predicted molar refractivity (Wildman–Crippen MR) is 46.9 cm³/mol. The minimum atomic E-state index is -0.358. The molecule has 1 fully saturated rings. The van der Waals surface area contributed by atoms with E-state index in [1.807, 2.05) is 6.08 Å². The second-order valence-corrected chi connectivity index (χ2v) is 3.31. The van der Waals surface area contributed by atoms with Crippen molar-refractivity contribution >= 4 is 11.8 Å². The molecule has 2 rings (SSSR count). The first-order valence-electron chi connectivity index (χ1n) is 4.53. The summed E-state index contributed by atoms with van der Waals surface area (Å²) in [4.78, 5) is 24.5. The minimum absolute atomic E-state index is 0.0539. The molecule has 4 nitrogen and oxygen atoms in total. The maximum atomic E-state index is 11.4. The maximum Gasteiger partial charge on any atom is 0.246 e. The van der Waals surface area contributed by atoms with E-state index in [4.69, 9.17) is 0 Å². The Morgan fingerprint density at radius 2 is 2.31 bits per heavy atom. The molecular weight excluding hydrogens is 168 g/mol. The Kier molecular flexibility index (Phi) is 2.04. The summed E-state index contributed by atoms with van der Waals surface area (Å²) in [5.41, 5.74) is 0. The van der Waals surface area contributed by atoms with Gasteiger partial charge in [0, 0.05) is 19.5 Å². The third kappa shape index (κ3) is 1.43. The standard InChI is InChI=1S/C9H12N2O2/c12-8-4-1-3-7-9(13)10-5-2-6-11(7)8/h1,3,7H,2,4-6H2,(H,10,13). The van der Waals surface area contributed by atoms with Gasteiger partial charge in [-0.15, -0.1) is 0 Å². The van der Waals surface area contributed by atoms with Crippen LogP contribution in [0.3, 0.4) is 0 Å². The Labute approximate surface area is 76.6 Å². The molecule has 1 N–H and O–H groups in total. The lowest BCUT2D eigenvalue weighted by Gasteiger charge is -2.28. The molecule has 0 radical (unpaired) electrons. The Morgan fingerprint density at radius 3 is 3.15 bits per heavy atom. The molecule has 1 saturated heterocycles. The number of nitrogens with one attached hydrogen (secondary N) is 1. The van der Waals surface area contributed by atoms with E-state index >= 15 is 0 Å². The van der Waals surface area contributed by atoms with Crippen LogP contribution in [0.15, 0.2) is 12.2 Å². The number of hydrogen-bond donors (Lipinski definition) is 1. The zero-order valence-electron chi connectivity index (χ0n) is 7.32. The van der Waals surface area contributed by atoms with Crippen LogP contribution in [0.25, 0.3) is 0 Å². The number of amides is 2. The Morgan fingerprint density at radius 1 is 1.46 bits per heavy atom. The summed E-state index contributed by atoms with van der Waals surface area (Å²) in [5, 5.41) is 2.78. The molecule has 0 aromatic rings. The van der Waals surface area contributed by atoms with Crippen LogP contribution in [0.2, 0.25) is 0 Å². The first-order chi connectivity index (χ1) is 6.29. The topological polar surface area (TPSA) is 49.4 Å². The fraction of sp³-hybridized carbons (Fsp3) is 0.556. The fourth-order valence-corrected chi connectivity index (χ4v) is 1.73. The van der Waals surface area contributed by atoms with Crippen molar-refractivity contribution in [1.82, 2.24) is 10.2 Å². The average Bonchev–Trinajstić information content (AvgIpc) is 2.30. The van der Waals surface area contributed by atoms with E-state index in [2.05, 4.69) is 5.32 Å². The summed E-state index contributed by atoms with van der Waals surface area (Å²) in [6.07, 6.45) is 4.86. The summed E-state index contributed by atoms with van der Waals surface area (Å²) < 4.78 is 0. The number of nitrogens with zero attached hydrogens (tertiary/aromatic N) is 1. The number of fused-ring (bicyclic) bond motifs is 1. The molecule has 2 aliphatic heterocycles. The largest absolute Gasteiger partial charge is 0.354 e. The zero-order chi connectivity index (χ0) is 9.26. The third-order valence-electron chi connectivity index (χ3n) is 2.41. The van der Waals surface area contributed by atoms with E-state index in [9.17, 15) is 9.59 Å². The summed E-state index contributed by atoms with van der Waals surface area (Å²) in [6, 6.07) is -0.358. The lowest BCUT2D eigenvalue weighted by atomic mass is 10.1. The first-order valence-corrected chi connectivity index (χ1v) is 4.53. The molecule has 0 aliphatic carbocycles. The number of hydrogen-bond acceptors (Lipinski definition) is 2. The molecule has 1 atom stereocenters. The van der Waals surface area contributed by atoms with Crippen LogP contribution in [-0.4, -0.2) is 35.8 Å². The molecule has 0 aromatic heterocycles. The molecule has 70 valence electrons. The van der Waals surface area contributed by atoms with Crippen molar-refractivity contribution in [3.8, 4) is 0 Å². The van der Waals surface area contributed by atoms with E-state index in [1.165, 1.54) is 0 Å². The molecule has 1 unspecified atom stereocenters. The van der Waals surface area contributed by atoms with E-state index < -0.39 is 0 Å². The molecular formula is C9H12N2O2. The van der Waals surface area contributed by atoms with Crippen molar-refractivity contribution in [2.24, 2.45) is 0 Å². The second kappa shape index (κ2) is 3.20. The minimum Gasteiger partial charge on any atom is -0.354 e. The quantitative estimate of drug-likeness (QED) is 0.519. The molecule has 0 spiro atoms. The van der Waals surface area contributed by atoms with Gasteiger partial charge in [0.15, 0.2) is 0 Å². The molecule has 2 heterocycles. The van der Waals surface area contributed by atoms with Gasteiger partial charge in [-0.05, 0) is 6.42 Å². The van der Waals surface area contributed by atoms with Gasteiger partial charge in [-0.2, -0.15) is 0 Å². The fourth-order valence-electron chi connectivity index (χ4n) is 1.73. The molecule has 0 aromatic carbocycles. The van der Waals surface area contributed by atoms with Gasteiger partial charge in [-0.25, -0.2) is 0 Å². The van der Waals surface area contributed by atoms with E-state index in [1.54, 1.807) is 11.0 Å². The van der Waals surface area contributed by atoms with Crippen LogP contribution in [-0.2, 0) is 9.59 Å². The normalized spacial score (nSPS) is 28.0.